The predicted octanol–water partition coefficient (Wildman–Crippen LogP) is 5.35. The molecule has 0 aromatic heterocycles. The number of rotatable bonds is 10. The molecular formula is C27H34O5. The van der Waals surface area contributed by atoms with Crippen molar-refractivity contribution in [3.8, 4) is 0 Å². The van der Waals surface area contributed by atoms with E-state index in [1.54, 1.807) is 38.1 Å². The van der Waals surface area contributed by atoms with Crippen LogP contribution in [0.2, 0.25) is 0 Å². The molecule has 0 fully saturated rings. The molecule has 0 aliphatic carbocycles. The highest BCUT2D eigenvalue weighted by Gasteiger charge is 2.29. The maximum atomic E-state index is 12.9. The van der Waals surface area contributed by atoms with Crippen LogP contribution in [-0.4, -0.2) is 30.9 Å². The fourth-order valence-electron chi connectivity index (χ4n) is 3.55. The standard InChI is InChI=1S/C27H34O5/c1-7-31-25(29)19(4)18(3)21-13-15-23(16-14-21)24(28)22-11-9-20(10-12-22)17-27(5,6)26(30)32-8-2/h9-16,18-19H,7-8,17H2,1-6H3. The Kier molecular flexibility index (Phi) is 8.76. The molecule has 2 unspecified atom stereocenters. The number of esters is 2. The van der Waals surface area contributed by atoms with Gasteiger partial charge in [0.2, 0.25) is 0 Å². The summed E-state index contributed by atoms with van der Waals surface area (Å²) in [6.07, 6.45) is 0.533. The van der Waals surface area contributed by atoms with Crippen molar-refractivity contribution in [2.45, 2.75) is 53.9 Å². The molecule has 2 rings (SSSR count). The van der Waals surface area contributed by atoms with Crippen LogP contribution >= 0.6 is 0 Å². The fraction of sp³-hybridized carbons (Fsp3) is 0.444. The Morgan fingerprint density at radius 3 is 1.81 bits per heavy atom. The minimum Gasteiger partial charge on any atom is -0.466 e. The second-order valence-corrected chi connectivity index (χ2v) is 8.76. The molecule has 2 atom stereocenters. The van der Waals surface area contributed by atoms with Gasteiger partial charge in [0, 0.05) is 11.1 Å². The smallest absolute Gasteiger partial charge is 0.311 e. The summed E-state index contributed by atoms with van der Waals surface area (Å²) in [7, 11) is 0. The van der Waals surface area contributed by atoms with Gasteiger partial charge in [-0.15, -0.1) is 0 Å². The lowest BCUT2D eigenvalue weighted by atomic mass is 9.85. The van der Waals surface area contributed by atoms with Gasteiger partial charge in [0.1, 0.15) is 0 Å². The van der Waals surface area contributed by atoms with Crippen LogP contribution in [-0.2, 0) is 25.5 Å². The molecule has 5 heteroatoms. The van der Waals surface area contributed by atoms with E-state index in [1.807, 2.05) is 52.0 Å². The van der Waals surface area contributed by atoms with E-state index in [4.69, 9.17) is 9.47 Å². The summed E-state index contributed by atoms with van der Waals surface area (Å²) in [5.74, 6) is -0.792. The van der Waals surface area contributed by atoms with Gasteiger partial charge in [-0.2, -0.15) is 0 Å². The number of benzene rings is 2. The van der Waals surface area contributed by atoms with E-state index in [-0.39, 0.29) is 29.6 Å². The largest absolute Gasteiger partial charge is 0.466 e. The lowest BCUT2D eigenvalue weighted by Gasteiger charge is -2.22. The Labute approximate surface area is 191 Å². The first-order valence-electron chi connectivity index (χ1n) is 11.2. The van der Waals surface area contributed by atoms with Crippen molar-refractivity contribution in [2.75, 3.05) is 13.2 Å². The Bertz CT molecular complexity index is 926. The van der Waals surface area contributed by atoms with Crippen molar-refractivity contribution in [1.82, 2.24) is 0 Å². The predicted molar refractivity (Wildman–Crippen MR) is 125 cm³/mol. The normalized spacial score (nSPS) is 13.2. The Morgan fingerprint density at radius 1 is 0.812 bits per heavy atom. The molecule has 0 saturated heterocycles. The Morgan fingerprint density at radius 2 is 1.31 bits per heavy atom. The molecule has 0 aliphatic heterocycles. The number of ether oxygens (including phenoxy) is 2. The first-order chi connectivity index (χ1) is 15.1. The van der Waals surface area contributed by atoms with Gasteiger partial charge < -0.3 is 9.47 Å². The molecule has 2 aromatic carbocycles. The lowest BCUT2D eigenvalue weighted by Crippen LogP contribution is -2.29. The Balaban J connectivity index is 2.08. The van der Waals surface area contributed by atoms with E-state index in [1.165, 1.54) is 0 Å². The number of carbonyl (C=O) groups excluding carboxylic acids is 3. The average molecular weight is 439 g/mol. The van der Waals surface area contributed by atoms with Crippen molar-refractivity contribution in [2.24, 2.45) is 11.3 Å². The topological polar surface area (TPSA) is 69.7 Å². The van der Waals surface area contributed by atoms with E-state index < -0.39 is 5.41 Å². The summed E-state index contributed by atoms with van der Waals surface area (Å²) in [6, 6.07) is 14.7. The molecule has 2 aromatic rings. The van der Waals surface area contributed by atoms with Crippen LogP contribution in [0.1, 0.15) is 74.5 Å². The maximum Gasteiger partial charge on any atom is 0.311 e. The minimum absolute atomic E-state index is 0.0137. The third kappa shape index (κ3) is 6.28. The summed E-state index contributed by atoms with van der Waals surface area (Å²) in [5, 5.41) is 0. The van der Waals surface area contributed by atoms with Gasteiger partial charge in [0.25, 0.3) is 0 Å². The zero-order chi connectivity index (χ0) is 23.9. The molecular weight excluding hydrogens is 404 g/mol. The second kappa shape index (κ2) is 11.1. The number of ketones is 1. The van der Waals surface area contributed by atoms with Gasteiger partial charge in [-0.3, -0.25) is 14.4 Å². The molecule has 0 amide bonds. The van der Waals surface area contributed by atoms with Crippen molar-refractivity contribution in [3.05, 3.63) is 70.8 Å². The monoisotopic (exact) mass is 438 g/mol. The molecule has 172 valence electrons. The lowest BCUT2D eigenvalue weighted by molar-refractivity contribution is -0.153. The van der Waals surface area contributed by atoms with Crippen LogP contribution < -0.4 is 0 Å². The van der Waals surface area contributed by atoms with Gasteiger partial charge >= 0.3 is 11.9 Å². The van der Waals surface area contributed by atoms with Gasteiger partial charge in [-0.05, 0) is 51.2 Å². The highest BCUT2D eigenvalue weighted by atomic mass is 16.5. The Hall–Kier alpha value is -2.95. The van der Waals surface area contributed by atoms with Crippen molar-refractivity contribution in [3.63, 3.8) is 0 Å². The fourth-order valence-corrected chi connectivity index (χ4v) is 3.55. The number of carbonyl (C=O) groups is 3. The van der Waals surface area contributed by atoms with E-state index in [0.717, 1.165) is 11.1 Å². The van der Waals surface area contributed by atoms with Gasteiger partial charge in [-0.1, -0.05) is 62.4 Å². The molecule has 0 N–H and O–H groups in total. The van der Waals surface area contributed by atoms with Crippen LogP contribution in [0, 0.1) is 11.3 Å². The van der Waals surface area contributed by atoms with E-state index in [0.29, 0.717) is 30.8 Å². The summed E-state index contributed by atoms with van der Waals surface area (Å²) < 4.78 is 10.3. The van der Waals surface area contributed by atoms with E-state index in [9.17, 15) is 14.4 Å². The van der Waals surface area contributed by atoms with Crippen molar-refractivity contribution >= 4 is 17.7 Å². The highest BCUT2D eigenvalue weighted by Crippen LogP contribution is 2.27. The van der Waals surface area contributed by atoms with Crippen LogP contribution in [0.3, 0.4) is 0 Å². The molecule has 0 heterocycles. The summed E-state index contributed by atoms with van der Waals surface area (Å²) in [4.78, 5) is 37.0. The van der Waals surface area contributed by atoms with Crippen LogP contribution in [0.15, 0.2) is 48.5 Å². The SMILES string of the molecule is CCOC(=O)C(C)C(C)c1ccc(C(=O)c2ccc(CC(C)(C)C(=O)OCC)cc2)cc1. The van der Waals surface area contributed by atoms with Gasteiger partial charge in [-0.25, -0.2) is 0 Å². The molecule has 5 nitrogen and oxygen atoms in total. The van der Waals surface area contributed by atoms with Crippen LogP contribution in [0.4, 0.5) is 0 Å². The first kappa shape index (κ1) is 25.3. The summed E-state index contributed by atoms with van der Waals surface area (Å²) in [5.41, 5.74) is 2.50. The van der Waals surface area contributed by atoms with Crippen LogP contribution in [0.25, 0.3) is 0 Å². The quantitative estimate of drug-likeness (QED) is 0.369. The highest BCUT2D eigenvalue weighted by molar-refractivity contribution is 6.09. The minimum atomic E-state index is -0.630. The summed E-state index contributed by atoms with van der Waals surface area (Å²) >= 11 is 0. The average Bonchev–Trinajstić information content (AvgIpc) is 2.78. The maximum absolute atomic E-state index is 12.9. The number of hydrogen-bond donors (Lipinski definition) is 0. The van der Waals surface area contributed by atoms with Gasteiger partial charge in [0.05, 0.1) is 24.5 Å². The zero-order valence-corrected chi connectivity index (χ0v) is 19.9. The molecule has 0 radical (unpaired) electrons. The van der Waals surface area contributed by atoms with Crippen molar-refractivity contribution in [1.29, 1.82) is 0 Å². The van der Waals surface area contributed by atoms with Gasteiger partial charge in [0.15, 0.2) is 5.78 Å². The van der Waals surface area contributed by atoms with Crippen molar-refractivity contribution < 1.29 is 23.9 Å². The molecule has 0 aliphatic rings. The van der Waals surface area contributed by atoms with Crippen LogP contribution in [0.5, 0.6) is 0 Å². The third-order valence-electron chi connectivity index (χ3n) is 5.80. The molecule has 0 spiro atoms. The van der Waals surface area contributed by atoms with E-state index >= 15 is 0 Å². The molecule has 0 bridgehead atoms. The first-order valence-corrected chi connectivity index (χ1v) is 11.2. The number of hydrogen-bond acceptors (Lipinski definition) is 5. The zero-order valence-electron chi connectivity index (χ0n) is 19.9. The molecule has 0 saturated carbocycles. The third-order valence-corrected chi connectivity index (χ3v) is 5.80. The van der Waals surface area contributed by atoms with E-state index in [2.05, 4.69) is 0 Å². The second-order valence-electron chi connectivity index (χ2n) is 8.76. The molecule has 32 heavy (non-hydrogen) atoms. The summed E-state index contributed by atoms with van der Waals surface area (Å²) in [6.45, 7) is 11.9.